The molecule has 2 unspecified atom stereocenters. The Morgan fingerprint density at radius 1 is 1.24 bits per heavy atom. The molecule has 25 heavy (non-hydrogen) atoms. The molecular weight excluding hydrogens is 337 g/mol. The number of hydrogen-bond donors (Lipinski definition) is 1. The van der Waals surface area contributed by atoms with Gasteiger partial charge in [-0.3, -0.25) is 9.69 Å². The number of nitrogens with one attached hydrogen (secondary N) is 1. The van der Waals surface area contributed by atoms with E-state index >= 15 is 0 Å². The maximum absolute atomic E-state index is 12.1. The van der Waals surface area contributed by atoms with Gasteiger partial charge in [-0.1, -0.05) is 12.1 Å². The van der Waals surface area contributed by atoms with Gasteiger partial charge < -0.3 is 14.8 Å². The van der Waals surface area contributed by atoms with Crippen LogP contribution in [-0.2, 0) is 16.0 Å². The fourth-order valence-corrected chi connectivity index (χ4v) is 2.88. The standard InChI is InChI=1S/C17H23F3N2O3/c1-12-10-22(11-13(2)24-12)8-7-21-16(23)9-14-3-5-15(6-4-14)25-17(18,19)20/h3-6,12-13H,7-11H2,1-2H3,(H,21,23). The molecule has 0 radical (unpaired) electrons. The second kappa shape index (κ2) is 8.53. The number of carbonyl (C=O) groups excluding carboxylic acids is 1. The van der Waals surface area contributed by atoms with Crippen LogP contribution in [-0.4, -0.2) is 55.6 Å². The second-order valence-electron chi connectivity index (χ2n) is 6.24. The summed E-state index contributed by atoms with van der Waals surface area (Å²) in [5.74, 6) is -0.467. The smallest absolute Gasteiger partial charge is 0.406 e. The maximum Gasteiger partial charge on any atom is 0.573 e. The van der Waals surface area contributed by atoms with E-state index in [2.05, 4.69) is 15.0 Å². The molecule has 1 aromatic rings. The molecule has 1 aliphatic rings. The minimum atomic E-state index is -4.71. The highest BCUT2D eigenvalue weighted by Crippen LogP contribution is 2.22. The molecule has 2 rings (SSSR count). The van der Waals surface area contributed by atoms with Crippen LogP contribution >= 0.6 is 0 Å². The van der Waals surface area contributed by atoms with Crippen molar-refractivity contribution in [2.45, 2.75) is 38.8 Å². The Morgan fingerprint density at radius 2 is 1.84 bits per heavy atom. The van der Waals surface area contributed by atoms with Crippen molar-refractivity contribution in [1.29, 1.82) is 0 Å². The van der Waals surface area contributed by atoms with Crippen molar-refractivity contribution in [2.24, 2.45) is 0 Å². The lowest BCUT2D eigenvalue weighted by atomic mass is 10.1. The Labute approximate surface area is 145 Å². The van der Waals surface area contributed by atoms with Crippen LogP contribution in [0.2, 0.25) is 0 Å². The van der Waals surface area contributed by atoms with E-state index in [0.29, 0.717) is 12.1 Å². The molecule has 5 nitrogen and oxygen atoms in total. The van der Waals surface area contributed by atoms with Gasteiger partial charge in [-0.05, 0) is 31.5 Å². The lowest BCUT2D eigenvalue weighted by Crippen LogP contribution is -2.48. The lowest BCUT2D eigenvalue weighted by molar-refractivity contribution is -0.274. The van der Waals surface area contributed by atoms with Crippen LogP contribution in [0.5, 0.6) is 5.75 Å². The van der Waals surface area contributed by atoms with Crippen LogP contribution in [0.4, 0.5) is 13.2 Å². The summed E-state index contributed by atoms with van der Waals surface area (Å²) >= 11 is 0. The SMILES string of the molecule is CC1CN(CCNC(=O)Cc2ccc(OC(F)(F)F)cc2)CC(C)O1. The van der Waals surface area contributed by atoms with Crippen LogP contribution in [0.15, 0.2) is 24.3 Å². The van der Waals surface area contributed by atoms with Crippen LogP contribution in [0.1, 0.15) is 19.4 Å². The predicted molar refractivity (Wildman–Crippen MR) is 86.3 cm³/mol. The highest BCUT2D eigenvalue weighted by Gasteiger charge is 2.31. The third-order valence-electron chi connectivity index (χ3n) is 3.77. The van der Waals surface area contributed by atoms with Gasteiger partial charge in [0.05, 0.1) is 18.6 Å². The molecule has 0 aromatic heterocycles. The average molecular weight is 360 g/mol. The molecule has 1 amide bonds. The van der Waals surface area contributed by atoms with Gasteiger partial charge in [0.2, 0.25) is 5.91 Å². The summed E-state index contributed by atoms with van der Waals surface area (Å²) in [6.45, 7) is 6.97. The summed E-state index contributed by atoms with van der Waals surface area (Å²) < 4.78 is 45.7. The number of nitrogens with zero attached hydrogens (tertiary/aromatic N) is 1. The van der Waals surface area contributed by atoms with Gasteiger partial charge in [0, 0.05) is 26.2 Å². The third kappa shape index (κ3) is 7.31. The normalized spacial score (nSPS) is 21.8. The number of carbonyl (C=O) groups is 1. The third-order valence-corrected chi connectivity index (χ3v) is 3.77. The number of amides is 1. The topological polar surface area (TPSA) is 50.8 Å². The van der Waals surface area contributed by atoms with E-state index in [1.165, 1.54) is 24.3 Å². The summed E-state index contributed by atoms with van der Waals surface area (Å²) in [4.78, 5) is 14.2. The molecule has 0 aliphatic carbocycles. The number of hydrogen-bond acceptors (Lipinski definition) is 4. The van der Waals surface area contributed by atoms with Crippen molar-refractivity contribution >= 4 is 5.91 Å². The van der Waals surface area contributed by atoms with E-state index in [1.54, 1.807) is 0 Å². The Morgan fingerprint density at radius 3 is 2.40 bits per heavy atom. The molecule has 2 atom stereocenters. The van der Waals surface area contributed by atoms with Gasteiger partial charge in [0.25, 0.3) is 0 Å². The first-order valence-electron chi connectivity index (χ1n) is 8.20. The second-order valence-corrected chi connectivity index (χ2v) is 6.24. The Bertz CT molecular complexity index is 553. The Balaban J connectivity index is 1.71. The number of benzene rings is 1. The highest BCUT2D eigenvalue weighted by molar-refractivity contribution is 5.78. The van der Waals surface area contributed by atoms with E-state index < -0.39 is 6.36 Å². The predicted octanol–water partition coefficient (Wildman–Crippen LogP) is 2.35. The number of alkyl halides is 3. The van der Waals surface area contributed by atoms with Crippen LogP contribution in [0.3, 0.4) is 0 Å². The fourth-order valence-electron chi connectivity index (χ4n) is 2.88. The van der Waals surface area contributed by atoms with Crippen molar-refractivity contribution in [1.82, 2.24) is 10.2 Å². The summed E-state index contributed by atoms with van der Waals surface area (Å²) in [6.07, 6.45) is -4.25. The van der Waals surface area contributed by atoms with Crippen molar-refractivity contribution < 1.29 is 27.4 Å². The maximum atomic E-state index is 12.1. The molecule has 1 aromatic carbocycles. The fraction of sp³-hybridized carbons (Fsp3) is 0.588. The number of rotatable bonds is 6. The summed E-state index contributed by atoms with van der Waals surface area (Å²) in [5, 5.41) is 2.83. The van der Waals surface area contributed by atoms with Gasteiger partial charge in [-0.15, -0.1) is 13.2 Å². The Kier molecular flexibility index (Phi) is 6.66. The first-order chi connectivity index (χ1) is 11.7. The minimum absolute atomic E-state index is 0.113. The van der Waals surface area contributed by atoms with Crippen LogP contribution in [0, 0.1) is 0 Å². The molecule has 0 saturated carbocycles. The van der Waals surface area contributed by atoms with E-state index in [4.69, 9.17) is 4.74 Å². The van der Waals surface area contributed by atoms with E-state index in [0.717, 1.165) is 19.6 Å². The summed E-state index contributed by atoms with van der Waals surface area (Å²) in [6, 6.07) is 5.30. The van der Waals surface area contributed by atoms with E-state index in [-0.39, 0.29) is 30.3 Å². The minimum Gasteiger partial charge on any atom is -0.406 e. The molecule has 140 valence electrons. The number of ether oxygens (including phenoxy) is 2. The zero-order valence-corrected chi connectivity index (χ0v) is 14.3. The molecule has 1 fully saturated rings. The molecule has 1 aliphatic heterocycles. The van der Waals surface area contributed by atoms with E-state index in [9.17, 15) is 18.0 Å². The molecule has 1 N–H and O–H groups in total. The zero-order chi connectivity index (χ0) is 18.4. The highest BCUT2D eigenvalue weighted by atomic mass is 19.4. The van der Waals surface area contributed by atoms with Crippen LogP contribution < -0.4 is 10.1 Å². The van der Waals surface area contributed by atoms with Gasteiger partial charge >= 0.3 is 6.36 Å². The van der Waals surface area contributed by atoms with Crippen molar-refractivity contribution in [3.63, 3.8) is 0 Å². The van der Waals surface area contributed by atoms with Gasteiger partial charge in [-0.2, -0.15) is 0 Å². The average Bonchev–Trinajstić information content (AvgIpc) is 2.47. The first-order valence-corrected chi connectivity index (χ1v) is 8.20. The van der Waals surface area contributed by atoms with Crippen molar-refractivity contribution in [3.8, 4) is 5.75 Å². The van der Waals surface area contributed by atoms with Crippen LogP contribution in [0.25, 0.3) is 0 Å². The Hall–Kier alpha value is -1.80. The lowest BCUT2D eigenvalue weighted by Gasteiger charge is -2.35. The molecular formula is C17H23F3N2O3. The number of morpholine rings is 1. The van der Waals surface area contributed by atoms with Gasteiger partial charge in [-0.25, -0.2) is 0 Å². The largest absolute Gasteiger partial charge is 0.573 e. The molecule has 0 spiro atoms. The van der Waals surface area contributed by atoms with Gasteiger partial charge in [0.15, 0.2) is 0 Å². The number of halogens is 3. The van der Waals surface area contributed by atoms with Crippen molar-refractivity contribution in [2.75, 3.05) is 26.2 Å². The summed E-state index contributed by atoms with van der Waals surface area (Å²) in [5.41, 5.74) is 0.626. The molecule has 1 saturated heterocycles. The quantitative estimate of drug-likeness (QED) is 0.846. The van der Waals surface area contributed by atoms with Crippen molar-refractivity contribution in [3.05, 3.63) is 29.8 Å². The monoisotopic (exact) mass is 360 g/mol. The zero-order valence-electron chi connectivity index (χ0n) is 14.3. The van der Waals surface area contributed by atoms with Gasteiger partial charge in [0.1, 0.15) is 5.75 Å². The molecule has 0 bridgehead atoms. The van der Waals surface area contributed by atoms with E-state index in [1.807, 2.05) is 13.8 Å². The molecule has 1 heterocycles. The first kappa shape index (κ1) is 19.5. The summed E-state index contributed by atoms with van der Waals surface area (Å²) in [7, 11) is 0. The molecule has 8 heteroatoms.